The van der Waals surface area contributed by atoms with E-state index in [1.807, 2.05) is 0 Å². The molecule has 0 aliphatic rings. The number of nitrogens with zero attached hydrogens (tertiary/aromatic N) is 2. The molecule has 0 saturated heterocycles. The van der Waals surface area contributed by atoms with Crippen molar-refractivity contribution in [3.8, 4) is 0 Å². The Labute approximate surface area is 74.8 Å². The molecule has 0 aromatic heterocycles. The smallest absolute Gasteiger partial charge is 0.345 e. The van der Waals surface area contributed by atoms with Crippen LogP contribution in [0.5, 0.6) is 0 Å². The van der Waals surface area contributed by atoms with Crippen LogP contribution in [0.25, 0.3) is 0 Å². The van der Waals surface area contributed by atoms with Crippen LogP contribution in [0.15, 0.2) is 9.98 Å². The summed E-state index contributed by atoms with van der Waals surface area (Å²) in [6, 6.07) is 0. The topological polar surface area (TPSA) is 36.8 Å². The third kappa shape index (κ3) is 7.30. The van der Waals surface area contributed by atoms with Crippen molar-refractivity contribution in [1.29, 1.82) is 0 Å². The number of alkyl halides is 3. The molecule has 76 valence electrons. The lowest BCUT2D eigenvalue weighted by atomic mass is 10.6. The molecule has 0 saturated carbocycles. The van der Waals surface area contributed by atoms with E-state index in [1.54, 1.807) is 13.8 Å². The molecule has 0 unspecified atom stereocenters. The zero-order valence-electron chi connectivity index (χ0n) is 7.52. The molecule has 1 N–H and O–H groups in total. The molecule has 13 heavy (non-hydrogen) atoms. The van der Waals surface area contributed by atoms with Crippen LogP contribution in [0.3, 0.4) is 0 Å². The predicted molar refractivity (Wildman–Crippen MR) is 46.2 cm³/mol. The summed E-state index contributed by atoms with van der Waals surface area (Å²) in [6.45, 7) is 2.63. The van der Waals surface area contributed by atoms with Gasteiger partial charge in [0.2, 0.25) is 5.96 Å². The molecule has 0 atom stereocenters. The van der Waals surface area contributed by atoms with E-state index in [1.165, 1.54) is 6.21 Å². The Morgan fingerprint density at radius 2 is 2.08 bits per heavy atom. The van der Waals surface area contributed by atoms with E-state index in [2.05, 4.69) is 15.3 Å². The lowest BCUT2D eigenvalue weighted by molar-refractivity contribution is -0.122. The van der Waals surface area contributed by atoms with Crippen LogP contribution < -0.4 is 5.32 Å². The Hall–Kier alpha value is -1.07. The van der Waals surface area contributed by atoms with Crippen LogP contribution in [0.2, 0.25) is 0 Å². The SMILES string of the molecule is C/C=N\C(=N/CC)NCC(F)(F)F. The number of rotatable bonds is 2. The summed E-state index contributed by atoms with van der Waals surface area (Å²) in [6.07, 6.45) is -2.85. The minimum atomic E-state index is -4.24. The van der Waals surface area contributed by atoms with Crippen molar-refractivity contribution < 1.29 is 13.2 Å². The van der Waals surface area contributed by atoms with Gasteiger partial charge in [0.25, 0.3) is 0 Å². The molecular formula is C7H12F3N3. The summed E-state index contributed by atoms with van der Waals surface area (Å²) < 4.78 is 35.2. The van der Waals surface area contributed by atoms with Crippen molar-refractivity contribution in [2.45, 2.75) is 20.0 Å². The van der Waals surface area contributed by atoms with Gasteiger partial charge in [0.05, 0.1) is 0 Å². The van der Waals surface area contributed by atoms with Crippen LogP contribution in [0.1, 0.15) is 13.8 Å². The van der Waals surface area contributed by atoms with Gasteiger partial charge in [0.1, 0.15) is 6.54 Å². The molecule has 3 nitrogen and oxygen atoms in total. The fourth-order valence-corrected chi connectivity index (χ4v) is 0.594. The number of guanidine groups is 1. The third-order valence-electron chi connectivity index (χ3n) is 1.01. The van der Waals surface area contributed by atoms with Gasteiger partial charge in [-0.3, -0.25) is 4.99 Å². The van der Waals surface area contributed by atoms with Crippen LogP contribution >= 0.6 is 0 Å². The Morgan fingerprint density at radius 3 is 2.46 bits per heavy atom. The van der Waals surface area contributed by atoms with E-state index in [4.69, 9.17) is 0 Å². The van der Waals surface area contributed by atoms with Gasteiger partial charge in [-0.05, 0) is 13.8 Å². The first-order valence-corrected chi connectivity index (χ1v) is 3.83. The summed E-state index contributed by atoms with van der Waals surface area (Å²) in [5.41, 5.74) is 0. The number of hydrogen-bond acceptors (Lipinski definition) is 1. The van der Waals surface area contributed by atoms with Crippen LogP contribution in [-0.4, -0.2) is 31.4 Å². The molecule has 0 bridgehead atoms. The van der Waals surface area contributed by atoms with E-state index in [-0.39, 0.29) is 5.96 Å². The van der Waals surface area contributed by atoms with E-state index in [0.29, 0.717) is 6.54 Å². The molecule has 0 fully saturated rings. The molecule has 0 radical (unpaired) electrons. The van der Waals surface area contributed by atoms with Gasteiger partial charge in [-0.1, -0.05) is 0 Å². The van der Waals surface area contributed by atoms with Gasteiger partial charge >= 0.3 is 6.18 Å². The first-order chi connectivity index (χ1) is 5.99. The molecule has 0 heterocycles. The number of halogens is 3. The summed E-state index contributed by atoms with van der Waals surface area (Å²) in [7, 11) is 0. The molecule has 0 aromatic rings. The minimum Gasteiger partial charge on any atom is -0.345 e. The van der Waals surface area contributed by atoms with E-state index < -0.39 is 12.7 Å². The molecular weight excluding hydrogens is 183 g/mol. The molecule has 0 aromatic carbocycles. The van der Waals surface area contributed by atoms with E-state index >= 15 is 0 Å². The monoisotopic (exact) mass is 195 g/mol. The summed E-state index contributed by atoms with van der Waals surface area (Å²) >= 11 is 0. The third-order valence-corrected chi connectivity index (χ3v) is 1.01. The second-order valence-electron chi connectivity index (χ2n) is 2.15. The Kier molecular flexibility index (Phi) is 5.10. The quantitative estimate of drug-likeness (QED) is 0.527. The highest BCUT2D eigenvalue weighted by Gasteiger charge is 2.26. The van der Waals surface area contributed by atoms with E-state index in [9.17, 15) is 13.2 Å². The van der Waals surface area contributed by atoms with Crippen molar-refractivity contribution in [2.75, 3.05) is 13.1 Å². The van der Waals surface area contributed by atoms with Crippen molar-refractivity contribution in [3.05, 3.63) is 0 Å². The average Bonchev–Trinajstić information content (AvgIpc) is 2.00. The Bertz CT molecular complexity index is 196. The lowest BCUT2D eigenvalue weighted by Crippen LogP contribution is -2.33. The maximum absolute atomic E-state index is 11.7. The van der Waals surface area contributed by atoms with Crippen LogP contribution in [-0.2, 0) is 0 Å². The van der Waals surface area contributed by atoms with Gasteiger partial charge in [0.15, 0.2) is 0 Å². The highest BCUT2D eigenvalue weighted by molar-refractivity contribution is 5.87. The van der Waals surface area contributed by atoms with Gasteiger partial charge < -0.3 is 5.32 Å². The standard InChI is InChI=1S/C7H12F3N3/c1-3-11-6(12-4-2)13-5-7(8,9)10/h3H,4-5H2,1-2H3,(H,12,13)/b11-3-. The number of hydrogen-bond donors (Lipinski definition) is 1. The summed E-state index contributed by atoms with van der Waals surface area (Å²) in [4.78, 5) is 7.36. The fourth-order valence-electron chi connectivity index (χ4n) is 0.594. The number of aliphatic imine (C=N–C) groups is 2. The van der Waals surface area contributed by atoms with Gasteiger partial charge in [-0.2, -0.15) is 13.2 Å². The molecule has 0 aliphatic heterocycles. The maximum Gasteiger partial charge on any atom is 0.405 e. The maximum atomic E-state index is 11.7. The highest BCUT2D eigenvalue weighted by atomic mass is 19.4. The Morgan fingerprint density at radius 1 is 1.46 bits per heavy atom. The predicted octanol–water partition coefficient (Wildman–Crippen LogP) is 1.60. The van der Waals surface area contributed by atoms with Crippen molar-refractivity contribution in [2.24, 2.45) is 9.98 Å². The minimum absolute atomic E-state index is 0.0160. The summed E-state index contributed by atoms with van der Waals surface area (Å²) in [5.74, 6) is 0.0160. The van der Waals surface area contributed by atoms with Crippen molar-refractivity contribution in [1.82, 2.24) is 5.32 Å². The first-order valence-electron chi connectivity index (χ1n) is 3.83. The average molecular weight is 195 g/mol. The highest BCUT2D eigenvalue weighted by Crippen LogP contribution is 2.12. The molecule has 0 aliphatic carbocycles. The van der Waals surface area contributed by atoms with Crippen LogP contribution in [0, 0.1) is 0 Å². The molecule has 0 amide bonds. The van der Waals surface area contributed by atoms with Gasteiger partial charge in [-0.25, -0.2) is 4.99 Å². The largest absolute Gasteiger partial charge is 0.405 e. The number of nitrogens with one attached hydrogen (secondary N) is 1. The normalized spacial score (nSPS) is 13.8. The first kappa shape index (κ1) is 11.9. The second kappa shape index (κ2) is 5.55. The lowest BCUT2D eigenvalue weighted by Gasteiger charge is -2.08. The van der Waals surface area contributed by atoms with Gasteiger partial charge in [0, 0.05) is 12.8 Å². The van der Waals surface area contributed by atoms with E-state index in [0.717, 1.165) is 0 Å². The zero-order chi connectivity index (χ0) is 10.3. The molecule has 0 rings (SSSR count). The van der Waals surface area contributed by atoms with Crippen LogP contribution in [0.4, 0.5) is 13.2 Å². The molecule has 0 spiro atoms. The molecule has 6 heteroatoms. The summed E-state index contributed by atoms with van der Waals surface area (Å²) in [5, 5.41) is 2.09. The second-order valence-corrected chi connectivity index (χ2v) is 2.15. The zero-order valence-corrected chi connectivity index (χ0v) is 7.52. The van der Waals surface area contributed by atoms with Gasteiger partial charge in [-0.15, -0.1) is 0 Å². The fraction of sp³-hybridized carbons (Fsp3) is 0.714. The van der Waals surface area contributed by atoms with Crippen molar-refractivity contribution >= 4 is 12.2 Å². The van der Waals surface area contributed by atoms with Crippen molar-refractivity contribution in [3.63, 3.8) is 0 Å². The Balaban J connectivity index is 4.05.